The van der Waals surface area contributed by atoms with Crippen LogP contribution in [0.25, 0.3) is 0 Å². The van der Waals surface area contributed by atoms with Crippen molar-refractivity contribution in [1.29, 1.82) is 0 Å². The number of amides is 1. The fourth-order valence-corrected chi connectivity index (χ4v) is 2.35. The Hall–Kier alpha value is -0.610. The van der Waals surface area contributed by atoms with Crippen LogP contribution in [0.1, 0.15) is 52.9 Å². The van der Waals surface area contributed by atoms with E-state index in [2.05, 4.69) is 0 Å². The van der Waals surface area contributed by atoms with Gasteiger partial charge in [0.15, 0.2) is 0 Å². The second-order valence-corrected chi connectivity index (χ2v) is 6.07. The van der Waals surface area contributed by atoms with Gasteiger partial charge in [0.25, 0.3) is 0 Å². The molecule has 0 aromatic rings. The Balaban J connectivity index is 2.49. The summed E-state index contributed by atoms with van der Waals surface area (Å²) < 4.78 is 5.59. The first-order valence-electron chi connectivity index (χ1n) is 7.07. The van der Waals surface area contributed by atoms with Gasteiger partial charge in [-0.05, 0) is 46.6 Å². The molecule has 4 nitrogen and oxygen atoms in total. The molecule has 0 aromatic heterocycles. The van der Waals surface area contributed by atoms with Crippen LogP contribution in [0, 0.1) is 0 Å². The molecule has 1 rings (SSSR count). The van der Waals surface area contributed by atoms with Crippen LogP contribution < -0.4 is 5.73 Å². The van der Waals surface area contributed by atoms with Gasteiger partial charge < -0.3 is 15.4 Å². The fraction of sp³-hybridized carbons (Fsp3) is 0.929. The lowest BCUT2D eigenvalue weighted by atomic mass is 10.2. The van der Waals surface area contributed by atoms with Crippen molar-refractivity contribution in [2.45, 2.75) is 64.5 Å². The molecule has 0 spiro atoms. The average Bonchev–Trinajstić information content (AvgIpc) is 2.79. The van der Waals surface area contributed by atoms with Crippen LogP contribution >= 0.6 is 0 Å². The molecular weight excluding hydrogens is 228 g/mol. The minimum atomic E-state index is -0.259. The van der Waals surface area contributed by atoms with Gasteiger partial charge in [-0.1, -0.05) is 12.8 Å². The van der Waals surface area contributed by atoms with E-state index in [9.17, 15) is 4.79 Å². The van der Waals surface area contributed by atoms with Crippen molar-refractivity contribution >= 4 is 5.91 Å². The quantitative estimate of drug-likeness (QED) is 0.790. The predicted octanol–water partition coefficient (Wildman–Crippen LogP) is 1.92. The zero-order chi connectivity index (χ0) is 13.6. The molecule has 0 aliphatic heterocycles. The van der Waals surface area contributed by atoms with Crippen molar-refractivity contribution in [2.75, 3.05) is 19.7 Å². The highest BCUT2D eigenvalue weighted by atomic mass is 16.5. The van der Waals surface area contributed by atoms with Gasteiger partial charge in [-0.15, -0.1) is 0 Å². The molecule has 0 bridgehead atoms. The zero-order valence-corrected chi connectivity index (χ0v) is 12.1. The Morgan fingerprint density at radius 1 is 1.33 bits per heavy atom. The molecule has 0 heterocycles. The highest BCUT2D eigenvalue weighted by Crippen LogP contribution is 2.24. The largest absolute Gasteiger partial charge is 0.366 e. The standard InChI is InChI=1S/C14H28N2O2/c1-14(2,3)18-11-13(17)16(10-6-9-15)12-7-4-5-8-12/h12H,4-11,15H2,1-3H3. The molecule has 1 aliphatic carbocycles. The third-order valence-corrected chi connectivity index (χ3v) is 3.32. The van der Waals surface area contributed by atoms with Gasteiger partial charge in [-0.2, -0.15) is 0 Å². The SMILES string of the molecule is CC(C)(C)OCC(=O)N(CCCN)C1CCCC1. The summed E-state index contributed by atoms with van der Waals surface area (Å²) in [6, 6.07) is 0.410. The molecule has 0 aromatic carbocycles. The van der Waals surface area contributed by atoms with E-state index < -0.39 is 0 Å². The normalized spacial score (nSPS) is 17.1. The van der Waals surface area contributed by atoms with E-state index in [1.807, 2.05) is 25.7 Å². The Bertz CT molecular complexity index is 255. The lowest BCUT2D eigenvalue weighted by molar-refractivity contribution is -0.143. The van der Waals surface area contributed by atoms with Crippen molar-refractivity contribution in [3.8, 4) is 0 Å². The Labute approximate surface area is 111 Å². The highest BCUT2D eigenvalue weighted by molar-refractivity contribution is 5.77. The van der Waals surface area contributed by atoms with Crippen molar-refractivity contribution in [3.05, 3.63) is 0 Å². The zero-order valence-electron chi connectivity index (χ0n) is 12.1. The first-order chi connectivity index (χ1) is 8.44. The number of carbonyl (C=O) groups is 1. The van der Waals surface area contributed by atoms with Gasteiger partial charge in [-0.25, -0.2) is 0 Å². The summed E-state index contributed by atoms with van der Waals surface area (Å²) in [6.45, 7) is 7.51. The Morgan fingerprint density at radius 2 is 1.94 bits per heavy atom. The van der Waals surface area contributed by atoms with Crippen LogP contribution in [0.3, 0.4) is 0 Å². The van der Waals surface area contributed by atoms with Crippen LogP contribution in [-0.2, 0) is 9.53 Å². The number of hydrogen-bond donors (Lipinski definition) is 1. The highest BCUT2D eigenvalue weighted by Gasteiger charge is 2.27. The average molecular weight is 256 g/mol. The second kappa shape index (κ2) is 7.10. The van der Waals surface area contributed by atoms with E-state index in [1.54, 1.807) is 0 Å². The number of carbonyl (C=O) groups excluding carboxylic acids is 1. The van der Waals surface area contributed by atoms with Gasteiger partial charge in [0, 0.05) is 12.6 Å². The van der Waals surface area contributed by atoms with Crippen LogP contribution in [0.4, 0.5) is 0 Å². The van der Waals surface area contributed by atoms with E-state index in [4.69, 9.17) is 10.5 Å². The van der Waals surface area contributed by atoms with Crippen LogP contribution in [0.5, 0.6) is 0 Å². The van der Waals surface area contributed by atoms with Crippen molar-refractivity contribution in [3.63, 3.8) is 0 Å². The van der Waals surface area contributed by atoms with E-state index in [0.29, 0.717) is 12.6 Å². The van der Waals surface area contributed by atoms with Crippen molar-refractivity contribution in [2.24, 2.45) is 5.73 Å². The van der Waals surface area contributed by atoms with Crippen molar-refractivity contribution < 1.29 is 9.53 Å². The first-order valence-corrected chi connectivity index (χ1v) is 7.07. The molecule has 0 unspecified atom stereocenters. The van der Waals surface area contributed by atoms with Crippen LogP contribution in [0.2, 0.25) is 0 Å². The van der Waals surface area contributed by atoms with Crippen molar-refractivity contribution in [1.82, 2.24) is 4.90 Å². The molecule has 18 heavy (non-hydrogen) atoms. The van der Waals surface area contributed by atoms with Gasteiger partial charge in [0.1, 0.15) is 6.61 Å². The maximum atomic E-state index is 12.2. The summed E-state index contributed by atoms with van der Waals surface area (Å²) in [5.74, 6) is 0.116. The number of hydrogen-bond acceptors (Lipinski definition) is 3. The van der Waals surface area contributed by atoms with Crippen LogP contribution in [-0.4, -0.2) is 42.1 Å². The number of rotatable bonds is 6. The number of ether oxygens (including phenoxy) is 1. The number of nitrogens with two attached hydrogens (primary N) is 1. The maximum absolute atomic E-state index is 12.2. The van der Waals surface area contributed by atoms with Gasteiger partial charge in [0.05, 0.1) is 5.60 Å². The Kier molecular flexibility index (Phi) is 6.09. The Morgan fingerprint density at radius 3 is 2.44 bits per heavy atom. The lowest BCUT2D eigenvalue weighted by Gasteiger charge is -2.30. The van der Waals surface area contributed by atoms with Gasteiger partial charge in [-0.3, -0.25) is 4.79 Å². The van der Waals surface area contributed by atoms with Gasteiger partial charge in [0.2, 0.25) is 5.91 Å². The van der Waals surface area contributed by atoms with E-state index in [1.165, 1.54) is 12.8 Å². The maximum Gasteiger partial charge on any atom is 0.248 e. The van der Waals surface area contributed by atoms with Gasteiger partial charge >= 0.3 is 0 Å². The third kappa shape index (κ3) is 5.36. The molecule has 2 N–H and O–H groups in total. The lowest BCUT2D eigenvalue weighted by Crippen LogP contribution is -2.43. The molecule has 1 fully saturated rings. The molecule has 1 aliphatic rings. The first kappa shape index (κ1) is 15.4. The predicted molar refractivity (Wildman–Crippen MR) is 73.3 cm³/mol. The van der Waals surface area contributed by atoms with Crippen LogP contribution in [0.15, 0.2) is 0 Å². The van der Waals surface area contributed by atoms with E-state index in [-0.39, 0.29) is 18.1 Å². The molecule has 1 saturated carbocycles. The molecule has 106 valence electrons. The molecular formula is C14H28N2O2. The minimum absolute atomic E-state index is 0.116. The summed E-state index contributed by atoms with van der Waals surface area (Å²) >= 11 is 0. The molecule has 0 atom stereocenters. The summed E-state index contributed by atoms with van der Waals surface area (Å²) in [6.07, 6.45) is 5.60. The fourth-order valence-electron chi connectivity index (χ4n) is 2.35. The summed E-state index contributed by atoms with van der Waals surface area (Å²) in [4.78, 5) is 14.2. The molecule has 0 radical (unpaired) electrons. The minimum Gasteiger partial charge on any atom is -0.366 e. The number of nitrogens with zero attached hydrogens (tertiary/aromatic N) is 1. The van der Waals surface area contributed by atoms with E-state index in [0.717, 1.165) is 25.8 Å². The summed E-state index contributed by atoms with van der Waals surface area (Å²) in [7, 11) is 0. The van der Waals surface area contributed by atoms with E-state index >= 15 is 0 Å². The smallest absolute Gasteiger partial charge is 0.248 e. The summed E-state index contributed by atoms with van der Waals surface area (Å²) in [5, 5.41) is 0. The molecule has 4 heteroatoms. The third-order valence-electron chi connectivity index (χ3n) is 3.32. The topological polar surface area (TPSA) is 55.6 Å². The molecule has 0 saturated heterocycles. The molecule has 1 amide bonds. The summed E-state index contributed by atoms with van der Waals surface area (Å²) in [5.41, 5.74) is 5.29. The monoisotopic (exact) mass is 256 g/mol. The second-order valence-electron chi connectivity index (χ2n) is 6.07.